The van der Waals surface area contributed by atoms with E-state index >= 15 is 0 Å². The zero-order chi connectivity index (χ0) is 17.9. The van der Waals surface area contributed by atoms with Gasteiger partial charge in [-0.05, 0) is 59.1 Å². The van der Waals surface area contributed by atoms with Crippen LogP contribution in [-0.2, 0) is 4.74 Å². The number of aryl methyl sites for hydroxylation is 2. The predicted octanol–water partition coefficient (Wildman–Crippen LogP) is 3.06. The summed E-state index contributed by atoms with van der Waals surface area (Å²) in [6.07, 6.45) is 1.24. The summed E-state index contributed by atoms with van der Waals surface area (Å²) in [6, 6.07) is 4.28. The minimum Gasteiger partial charge on any atom is -0.444 e. The number of carbonyl (C=O) groups excluding carboxylic acids is 1. The van der Waals surface area contributed by atoms with Gasteiger partial charge in [0.15, 0.2) is 0 Å². The molecule has 1 aliphatic rings. The van der Waals surface area contributed by atoms with Crippen LogP contribution in [0, 0.1) is 25.2 Å². The Bertz CT molecular complexity index is 650. The fourth-order valence-electron chi connectivity index (χ4n) is 2.89. The number of amides is 1. The van der Waals surface area contributed by atoms with Gasteiger partial charge in [0.2, 0.25) is 0 Å². The first kappa shape index (κ1) is 18.1. The molecule has 1 aromatic heterocycles. The van der Waals surface area contributed by atoms with Gasteiger partial charge in [-0.25, -0.2) is 9.78 Å². The number of hydrogen-bond acceptors (Lipinski definition) is 5. The SMILES string of the molecule is Cc1cc(C)c(C#N)c(N2CCC(NC(=O)OC(C)(C)C)CC2)n1. The smallest absolute Gasteiger partial charge is 0.407 e. The van der Waals surface area contributed by atoms with Crippen LogP contribution >= 0.6 is 0 Å². The van der Waals surface area contributed by atoms with E-state index in [0.717, 1.165) is 43.0 Å². The van der Waals surface area contributed by atoms with Crippen LogP contribution in [0.2, 0.25) is 0 Å². The number of piperidine rings is 1. The summed E-state index contributed by atoms with van der Waals surface area (Å²) >= 11 is 0. The first-order valence-electron chi connectivity index (χ1n) is 8.32. The van der Waals surface area contributed by atoms with Gasteiger partial charge >= 0.3 is 6.09 Å². The minimum absolute atomic E-state index is 0.0903. The molecule has 2 heterocycles. The highest BCUT2D eigenvalue weighted by atomic mass is 16.6. The van der Waals surface area contributed by atoms with Crippen molar-refractivity contribution in [1.82, 2.24) is 10.3 Å². The third-order valence-electron chi connectivity index (χ3n) is 3.95. The van der Waals surface area contributed by atoms with Crippen LogP contribution in [0.15, 0.2) is 6.07 Å². The number of aromatic nitrogens is 1. The van der Waals surface area contributed by atoms with E-state index in [0.29, 0.717) is 5.56 Å². The molecule has 0 aliphatic carbocycles. The van der Waals surface area contributed by atoms with Crippen molar-refractivity contribution in [3.05, 3.63) is 22.9 Å². The van der Waals surface area contributed by atoms with Gasteiger partial charge in [0.1, 0.15) is 17.5 Å². The summed E-state index contributed by atoms with van der Waals surface area (Å²) in [5.74, 6) is 0.755. The Balaban J connectivity index is 1.99. The van der Waals surface area contributed by atoms with Gasteiger partial charge in [-0.1, -0.05) is 0 Å². The van der Waals surface area contributed by atoms with Gasteiger partial charge in [0.05, 0.1) is 5.56 Å². The third kappa shape index (κ3) is 4.60. The number of nitrogens with zero attached hydrogens (tertiary/aromatic N) is 3. The summed E-state index contributed by atoms with van der Waals surface area (Å²) in [4.78, 5) is 18.6. The summed E-state index contributed by atoms with van der Waals surface area (Å²) in [6.45, 7) is 10.9. The highest BCUT2D eigenvalue weighted by molar-refractivity contribution is 5.68. The molecule has 6 heteroatoms. The molecule has 6 nitrogen and oxygen atoms in total. The Hall–Kier alpha value is -2.29. The molecule has 0 aromatic carbocycles. The molecular weight excluding hydrogens is 304 g/mol. The molecule has 0 spiro atoms. The Labute approximate surface area is 143 Å². The van der Waals surface area contributed by atoms with Crippen molar-refractivity contribution >= 4 is 11.9 Å². The van der Waals surface area contributed by atoms with E-state index in [1.807, 2.05) is 40.7 Å². The first-order valence-corrected chi connectivity index (χ1v) is 8.32. The van der Waals surface area contributed by atoms with Crippen molar-refractivity contribution in [2.45, 2.75) is 59.1 Å². The topological polar surface area (TPSA) is 78.2 Å². The Morgan fingerprint density at radius 3 is 2.54 bits per heavy atom. The van der Waals surface area contributed by atoms with E-state index in [-0.39, 0.29) is 12.1 Å². The quantitative estimate of drug-likeness (QED) is 0.901. The Morgan fingerprint density at radius 2 is 2.00 bits per heavy atom. The van der Waals surface area contributed by atoms with Crippen molar-refractivity contribution in [3.8, 4) is 6.07 Å². The Kier molecular flexibility index (Phi) is 5.33. The van der Waals surface area contributed by atoms with Gasteiger partial charge in [-0.2, -0.15) is 5.26 Å². The average Bonchev–Trinajstić information content (AvgIpc) is 2.45. The number of anilines is 1. The van der Waals surface area contributed by atoms with Crippen LogP contribution in [-0.4, -0.2) is 35.8 Å². The van der Waals surface area contributed by atoms with E-state index in [2.05, 4.69) is 21.3 Å². The molecule has 0 atom stereocenters. The molecule has 1 N–H and O–H groups in total. The first-order chi connectivity index (χ1) is 11.2. The maximum absolute atomic E-state index is 11.9. The van der Waals surface area contributed by atoms with E-state index < -0.39 is 5.60 Å². The lowest BCUT2D eigenvalue weighted by Gasteiger charge is -2.34. The highest BCUT2D eigenvalue weighted by Crippen LogP contribution is 2.25. The zero-order valence-corrected chi connectivity index (χ0v) is 15.1. The van der Waals surface area contributed by atoms with E-state index in [4.69, 9.17) is 4.74 Å². The maximum atomic E-state index is 11.9. The summed E-state index contributed by atoms with van der Waals surface area (Å²) in [5, 5.41) is 12.3. The molecule has 1 amide bonds. The van der Waals surface area contributed by atoms with Crippen LogP contribution in [0.25, 0.3) is 0 Å². The lowest BCUT2D eigenvalue weighted by atomic mass is 10.0. The molecule has 1 fully saturated rings. The number of ether oxygens (including phenoxy) is 1. The lowest BCUT2D eigenvalue weighted by Crippen LogP contribution is -2.46. The number of hydrogen-bond donors (Lipinski definition) is 1. The molecule has 24 heavy (non-hydrogen) atoms. The monoisotopic (exact) mass is 330 g/mol. The number of alkyl carbamates (subject to hydrolysis) is 1. The number of rotatable bonds is 2. The normalized spacial score (nSPS) is 15.8. The second-order valence-corrected chi connectivity index (χ2v) is 7.30. The van der Waals surface area contributed by atoms with E-state index in [1.54, 1.807) is 0 Å². The molecule has 0 saturated carbocycles. The maximum Gasteiger partial charge on any atom is 0.407 e. The van der Waals surface area contributed by atoms with Crippen LogP contribution in [0.5, 0.6) is 0 Å². The molecule has 2 rings (SSSR count). The predicted molar refractivity (Wildman–Crippen MR) is 93.0 cm³/mol. The number of nitriles is 1. The summed E-state index contributed by atoms with van der Waals surface area (Å²) in [7, 11) is 0. The summed E-state index contributed by atoms with van der Waals surface area (Å²) in [5.41, 5.74) is 2.01. The van der Waals surface area contributed by atoms with Crippen LogP contribution in [0.4, 0.5) is 10.6 Å². The fourth-order valence-corrected chi connectivity index (χ4v) is 2.89. The van der Waals surface area contributed by atoms with Crippen molar-refractivity contribution < 1.29 is 9.53 Å². The van der Waals surface area contributed by atoms with Crippen LogP contribution < -0.4 is 10.2 Å². The number of carbonyl (C=O) groups is 1. The minimum atomic E-state index is -0.491. The second kappa shape index (κ2) is 7.08. The second-order valence-electron chi connectivity index (χ2n) is 7.30. The molecule has 0 bridgehead atoms. The molecule has 1 aliphatic heterocycles. The molecule has 130 valence electrons. The van der Waals surface area contributed by atoms with Gasteiger partial charge in [-0.3, -0.25) is 0 Å². The fraction of sp³-hybridized carbons (Fsp3) is 0.611. The van der Waals surface area contributed by atoms with Crippen molar-refractivity contribution in [3.63, 3.8) is 0 Å². The van der Waals surface area contributed by atoms with Crippen molar-refractivity contribution in [1.29, 1.82) is 5.26 Å². The molecule has 0 radical (unpaired) electrons. The lowest BCUT2D eigenvalue weighted by molar-refractivity contribution is 0.0497. The van der Waals surface area contributed by atoms with Gasteiger partial charge in [0.25, 0.3) is 0 Å². The average molecular weight is 330 g/mol. The van der Waals surface area contributed by atoms with Crippen molar-refractivity contribution in [2.75, 3.05) is 18.0 Å². The van der Waals surface area contributed by atoms with Crippen LogP contribution in [0.3, 0.4) is 0 Å². The molecule has 0 unspecified atom stereocenters. The summed E-state index contributed by atoms with van der Waals surface area (Å²) < 4.78 is 5.30. The van der Waals surface area contributed by atoms with E-state index in [1.165, 1.54) is 0 Å². The van der Waals surface area contributed by atoms with Gasteiger partial charge in [0, 0.05) is 24.8 Å². The Morgan fingerprint density at radius 1 is 1.38 bits per heavy atom. The standard InChI is InChI=1S/C18H26N4O2/c1-12-10-13(2)20-16(15(12)11-19)22-8-6-14(7-9-22)21-17(23)24-18(3,4)5/h10,14H,6-9H2,1-5H3,(H,21,23). The van der Waals surface area contributed by atoms with E-state index in [9.17, 15) is 10.1 Å². The molecule has 1 saturated heterocycles. The number of pyridine rings is 1. The largest absolute Gasteiger partial charge is 0.444 e. The third-order valence-corrected chi connectivity index (χ3v) is 3.95. The number of nitrogens with one attached hydrogen (secondary N) is 1. The van der Waals surface area contributed by atoms with Crippen molar-refractivity contribution in [2.24, 2.45) is 0 Å². The zero-order valence-electron chi connectivity index (χ0n) is 15.1. The molecule has 1 aromatic rings. The highest BCUT2D eigenvalue weighted by Gasteiger charge is 2.25. The van der Waals surface area contributed by atoms with Crippen LogP contribution in [0.1, 0.15) is 50.4 Å². The van der Waals surface area contributed by atoms with Gasteiger partial charge < -0.3 is 15.0 Å². The van der Waals surface area contributed by atoms with Gasteiger partial charge in [-0.15, -0.1) is 0 Å². The molecular formula is C18H26N4O2.